The fraction of sp³-hybridized carbons (Fsp3) is 0.722. The molecular weight excluding hydrogens is 258 g/mol. The number of hydrogen-bond acceptors (Lipinski definition) is 3. The molecule has 0 aliphatic carbocycles. The number of hydrogen-bond donors (Lipinski definition) is 1. The second-order valence-electron chi connectivity index (χ2n) is 5.92. The molecule has 3 heteroatoms. The molecule has 0 amide bonds. The van der Waals surface area contributed by atoms with E-state index in [9.17, 15) is 0 Å². The van der Waals surface area contributed by atoms with Crippen molar-refractivity contribution in [2.24, 2.45) is 0 Å². The number of nitrogens with one attached hydrogen (secondary N) is 1. The first-order chi connectivity index (χ1) is 10.1. The van der Waals surface area contributed by atoms with Crippen LogP contribution in [0.5, 0.6) is 0 Å². The minimum Gasteiger partial charge on any atom is -0.368 e. The summed E-state index contributed by atoms with van der Waals surface area (Å²) < 4.78 is 0. The highest BCUT2D eigenvalue weighted by atomic mass is 15.2. The topological polar surface area (TPSA) is 28.2 Å². The van der Waals surface area contributed by atoms with Crippen LogP contribution in [0, 0.1) is 0 Å². The second kappa shape index (κ2) is 9.78. The summed E-state index contributed by atoms with van der Waals surface area (Å²) in [6, 6.07) is 5.30. The number of nitrogens with zero attached hydrogens (tertiary/aromatic N) is 2. The molecule has 0 aromatic carbocycles. The number of unbranched alkanes of at least 4 members (excludes halogenated alkanes) is 1. The van der Waals surface area contributed by atoms with Crippen LogP contribution >= 0.6 is 0 Å². The average Bonchev–Trinajstić information content (AvgIpc) is 2.53. The van der Waals surface area contributed by atoms with Crippen molar-refractivity contribution in [2.75, 3.05) is 18.0 Å². The fourth-order valence-electron chi connectivity index (χ4n) is 2.44. The molecule has 1 N–H and O–H groups in total. The quantitative estimate of drug-likeness (QED) is 0.685. The van der Waals surface area contributed by atoms with Gasteiger partial charge in [-0.1, -0.05) is 27.2 Å². The Kier molecular flexibility index (Phi) is 8.36. The van der Waals surface area contributed by atoms with E-state index in [1.807, 2.05) is 6.20 Å². The van der Waals surface area contributed by atoms with E-state index in [0.717, 1.165) is 25.2 Å². The minimum absolute atomic E-state index is 0.326. The lowest BCUT2D eigenvalue weighted by Crippen LogP contribution is -2.33. The zero-order valence-electron chi connectivity index (χ0n) is 14.5. The molecule has 1 rings (SSSR count). The molecule has 0 bridgehead atoms. The molecule has 0 fully saturated rings. The number of aromatic nitrogens is 1. The highest BCUT2D eigenvalue weighted by Gasteiger charge is 2.13. The van der Waals surface area contributed by atoms with E-state index in [1.54, 1.807) is 0 Å². The summed E-state index contributed by atoms with van der Waals surface area (Å²) >= 11 is 0. The van der Waals surface area contributed by atoms with Crippen LogP contribution in [0.3, 0.4) is 0 Å². The molecule has 0 spiro atoms. The Labute approximate surface area is 131 Å². The van der Waals surface area contributed by atoms with Crippen LogP contribution in [0.25, 0.3) is 0 Å². The Morgan fingerprint density at radius 2 is 1.90 bits per heavy atom. The molecule has 2 atom stereocenters. The van der Waals surface area contributed by atoms with Gasteiger partial charge in [0.1, 0.15) is 0 Å². The third-order valence-electron chi connectivity index (χ3n) is 4.12. The van der Waals surface area contributed by atoms with Crippen LogP contribution in [0.1, 0.15) is 72.0 Å². The summed E-state index contributed by atoms with van der Waals surface area (Å²) in [5.41, 5.74) is 2.39. The SMILES string of the molecule is CCCCN(c1ccc(C(C)NCCC)nc1)C(C)CC. The lowest BCUT2D eigenvalue weighted by molar-refractivity contribution is 0.557. The molecule has 21 heavy (non-hydrogen) atoms. The minimum atomic E-state index is 0.326. The van der Waals surface area contributed by atoms with Gasteiger partial charge < -0.3 is 10.2 Å². The summed E-state index contributed by atoms with van der Waals surface area (Å²) in [6.07, 6.45) is 6.83. The van der Waals surface area contributed by atoms with E-state index in [4.69, 9.17) is 0 Å². The molecule has 0 aliphatic rings. The number of rotatable bonds is 10. The van der Waals surface area contributed by atoms with E-state index in [1.165, 1.54) is 24.9 Å². The number of anilines is 1. The molecule has 0 saturated carbocycles. The maximum Gasteiger partial charge on any atom is 0.0572 e. The van der Waals surface area contributed by atoms with E-state index < -0.39 is 0 Å². The lowest BCUT2D eigenvalue weighted by Gasteiger charge is -2.30. The Hall–Kier alpha value is -1.09. The first-order valence-electron chi connectivity index (χ1n) is 8.59. The predicted octanol–water partition coefficient (Wildman–Crippen LogP) is 4.55. The monoisotopic (exact) mass is 291 g/mol. The molecule has 1 heterocycles. The van der Waals surface area contributed by atoms with E-state index in [0.29, 0.717) is 12.1 Å². The summed E-state index contributed by atoms with van der Waals surface area (Å²) in [4.78, 5) is 7.16. The highest BCUT2D eigenvalue weighted by molar-refractivity contribution is 5.45. The van der Waals surface area contributed by atoms with Crippen molar-refractivity contribution >= 4 is 5.69 Å². The lowest BCUT2D eigenvalue weighted by atomic mass is 10.1. The van der Waals surface area contributed by atoms with Gasteiger partial charge in [0.25, 0.3) is 0 Å². The van der Waals surface area contributed by atoms with E-state index in [-0.39, 0.29) is 0 Å². The smallest absolute Gasteiger partial charge is 0.0572 e. The zero-order chi connectivity index (χ0) is 15.7. The van der Waals surface area contributed by atoms with Crippen molar-refractivity contribution in [3.8, 4) is 0 Å². The van der Waals surface area contributed by atoms with Gasteiger partial charge in [-0.2, -0.15) is 0 Å². The summed E-state index contributed by atoms with van der Waals surface area (Å²) in [5.74, 6) is 0. The van der Waals surface area contributed by atoms with Crippen molar-refractivity contribution in [3.63, 3.8) is 0 Å². The maximum atomic E-state index is 4.67. The first-order valence-corrected chi connectivity index (χ1v) is 8.59. The predicted molar refractivity (Wildman–Crippen MR) is 93.0 cm³/mol. The van der Waals surface area contributed by atoms with E-state index in [2.05, 4.69) is 62.0 Å². The van der Waals surface area contributed by atoms with Gasteiger partial charge in [0.2, 0.25) is 0 Å². The maximum absolute atomic E-state index is 4.67. The van der Waals surface area contributed by atoms with Crippen LogP contribution in [0.15, 0.2) is 18.3 Å². The van der Waals surface area contributed by atoms with Crippen LogP contribution in [0.4, 0.5) is 5.69 Å². The fourth-order valence-corrected chi connectivity index (χ4v) is 2.44. The van der Waals surface area contributed by atoms with Crippen molar-refractivity contribution in [1.82, 2.24) is 10.3 Å². The molecule has 1 aromatic heterocycles. The largest absolute Gasteiger partial charge is 0.368 e. The van der Waals surface area contributed by atoms with Crippen LogP contribution in [-0.2, 0) is 0 Å². The summed E-state index contributed by atoms with van der Waals surface area (Å²) in [7, 11) is 0. The molecule has 2 unspecified atom stereocenters. The van der Waals surface area contributed by atoms with Gasteiger partial charge in [-0.05, 0) is 51.8 Å². The molecule has 0 saturated heterocycles. The van der Waals surface area contributed by atoms with Crippen molar-refractivity contribution in [3.05, 3.63) is 24.0 Å². The van der Waals surface area contributed by atoms with Gasteiger partial charge >= 0.3 is 0 Å². The Balaban J connectivity index is 2.76. The van der Waals surface area contributed by atoms with Crippen molar-refractivity contribution in [1.29, 1.82) is 0 Å². The van der Waals surface area contributed by atoms with Gasteiger partial charge in [0, 0.05) is 18.6 Å². The third-order valence-corrected chi connectivity index (χ3v) is 4.12. The Morgan fingerprint density at radius 1 is 1.14 bits per heavy atom. The van der Waals surface area contributed by atoms with Crippen LogP contribution in [-0.4, -0.2) is 24.1 Å². The van der Waals surface area contributed by atoms with Gasteiger partial charge in [0.15, 0.2) is 0 Å². The molecule has 1 aromatic rings. The van der Waals surface area contributed by atoms with Crippen molar-refractivity contribution in [2.45, 2.75) is 72.4 Å². The zero-order valence-corrected chi connectivity index (χ0v) is 14.5. The molecule has 120 valence electrons. The van der Waals surface area contributed by atoms with Gasteiger partial charge in [0.05, 0.1) is 17.6 Å². The van der Waals surface area contributed by atoms with Gasteiger partial charge in [-0.15, -0.1) is 0 Å². The Morgan fingerprint density at radius 3 is 2.43 bits per heavy atom. The van der Waals surface area contributed by atoms with Gasteiger partial charge in [-0.3, -0.25) is 4.98 Å². The molecule has 3 nitrogen and oxygen atoms in total. The standard InChI is InChI=1S/C18H33N3/c1-6-9-13-21(15(4)8-3)17-10-11-18(20-14-17)16(5)19-12-7-2/h10-11,14-16,19H,6-9,12-13H2,1-5H3. The third kappa shape index (κ3) is 5.66. The van der Waals surface area contributed by atoms with Crippen molar-refractivity contribution < 1.29 is 0 Å². The second-order valence-corrected chi connectivity index (χ2v) is 5.92. The summed E-state index contributed by atoms with van der Waals surface area (Å²) in [6.45, 7) is 13.3. The highest BCUT2D eigenvalue weighted by Crippen LogP contribution is 2.20. The summed E-state index contributed by atoms with van der Waals surface area (Å²) in [5, 5.41) is 3.49. The van der Waals surface area contributed by atoms with Crippen LogP contribution < -0.4 is 10.2 Å². The average molecular weight is 291 g/mol. The Bertz CT molecular complexity index is 375. The van der Waals surface area contributed by atoms with Crippen LogP contribution in [0.2, 0.25) is 0 Å². The molecule has 0 radical (unpaired) electrons. The number of pyridine rings is 1. The normalized spacial score (nSPS) is 14.0. The van der Waals surface area contributed by atoms with E-state index >= 15 is 0 Å². The van der Waals surface area contributed by atoms with Gasteiger partial charge in [-0.25, -0.2) is 0 Å². The first kappa shape index (κ1) is 18.0. The molecule has 0 aliphatic heterocycles. The molecular formula is C18H33N3.